The average molecular weight is 335 g/mol. The van der Waals surface area contributed by atoms with Gasteiger partial charge in [0.15, 0.2) is 0 Å². The number of benzene rings is 2. The molecule has 0 N–H and O–H groups in total. The van der Waals surface area contributed by atoms with Crippen molar-refractivity contribution in [3.05, 3.63) is 59.7 Å². The van der Waals surface area contributed by atoms with E-state index >= 15 is 0 Å². The van der Waals surface area contributed by atoms with Crippen LogP contribution in [-0.2, 0) is 11.2 Å². The summed E-state index contributed by atoms with van der Waals surface area (Å²) in [6, 6.07) is 17.2. The van der Waals surface area contributed by atoms with Gasteiger partial charge in [-0.3, -0.25) is 0 Å². The highest BCUT2D eigenvalue weighted by molar-refractivity contribution is 9.09. The predicted molar refractivity (Wildman–Crippen MR) is 83.2 cm³/mol. The van der Waals surface area contributed by atoms with Crippen molar-refractivity contribution in [1.82, 2.24) is 0 Å². The molecule has 2 aromatic rings. The molecule has 3 heteroatoms. The van der Waals surface area contributed by atoms with E-state index in [4.69, 9.17) is 4.74 Å². The Balaban J connectivity index is 2.01. The molecule has 0 radical (unpaired) electrons. The molecular weight excluding hydrogens is 320 g/mol. The van der Waals surface area contributed by atoms with Crippen molar-refractivity contribution in [2.24, 2.45) is 0 Å². The van der Waals surface area contributed by atoms with Gasteiger partial charge in [0.1, 0.15) is 0 Å². The number of hydrogen-bond donors (Lipinski definition) is 0. The molecule has 2 aromatic carbocycles. The molecular formula is C16H15BrOS. The van der Waals surface area contributed by atoms with Crippen LogP contribution in [0.25, 0.3) is 0 Å². The summed E-state index contributed by atoms with van der Waals surface area (Å²) in [7, 11) is 0. The minimum atomic E-state index is 0.157. The van der Waals surface area contributed by atoms with Gasteiger partial charge in [-0.25, -0.2) is 0 Å². The maximum absolute atomic E-state index is 6.04. The highest BCUT2D eigenvalue weighted by Gasteiger charge is 2.22. The zero-order valence-corrected chi connectivity index (χ0v) is 12.9. The molecule has 0 aromatic heterocycles. The van der Waals surface area contributed by atoms with E-state index in [-0.39, 0.29) is 6.10 Å². The quantitative estimate of drug-likeness (QED) is 0.742. The van der Waals surface area contributed by atoms with Crippen molar-refractivity contribution in [3.63, 3.8) is 0 Å². The number of rotatable bonds is 3. The van der Waals surface area contributed by atoms with Crippen LogP contribution in [0.1, 0.15) is 17.2 Å². The Hall–Kier alpha value is -0.770. The lowest BCUT2D eigenvalue weighted by Crippen LogP contribution is -2.09. The zero-order chi connectivity index (χ0) is 13.1. The first-order valence-electron chi connectivity index (χ1n) is 6.41. The molecule has 1 unspecified atom stereocenters. The molecule has 0 aliphatic carbocycles. The van der Waals surface area contributed by atoms with Crippen molar-refractivity contribution < 1.29 is 4.74 Å². The smallest absolute Gasteiger partial charge is 0.0876 e. The van der Waals surface area contributed by atoms with Crippen LogP contribution in [0.2, 0.25) is 0 Å². The fourth-order valence-electron chi connectivity index (χ4n) is 2.38. The Morgan fingerprint density at radius 1 is 1.05 bits per heavy atom. The molecule has 1 heterocycles. The molecule has 1 aliphatic heterocycles. The number of alkyl halides is 1. The Morgan fingerprint density at radius 3 is 2.63 bits per heavy atom. The summed E-state index contributed by atoms with van der Waals surface area (Å²) < 4.78 is 6.04. The second-order valence-electron chi connectivity index (χ2n) is 4.50. The average Bonchev–Trinajstić information content (AvgIpc) is 2.61. The predicted octanol–water partition coefficient (Wildman–Crippen LogP) is 4.85. The van der Waals surface area contributed by atoms with Crippen LogP contribution in [0, 0.1) is 0 Å². The molecule has 0 bridgehead atoms. The summed E-state index contributed by atoms with van der Waals surface area (Å²) in [5.41, 5.74) is 2.69. The molecule has 1 atom stereocenters. The van der Waals surface area contributed by atoms with E-state index < -0.39 is 0 Å². The van der Waals surface area contributed by atoms with E-state index in [0.29, 0.717) is 0 Å². The van der Waals surface area contributed by atoms with Gasteiger partial charge in [0.2, 0.25) is 0 Å². The van der Waals surface area contributed by atoms with Gasteiger partial charge >= 0.3 is 0 Å². The molecule has 0 amide bonds. The fourth-order valence-corrected chi connectivity index (χ4v) is 3.69. The van der Waals surface area contributed by atoms with E-state index in [9.17, 15) is 0 Å². The van der Waals surface area contributed by atoms with Crippen molar-refractivity contribution >= 4 is 27.7 Å². The number of ether oxygens (including phenoxy) is 1. The largest absolute Gasteiger partial charge is 0.372 e. The Morgan fingerprint density at radius 2 is 1.79 bits per heavy atom. The Bertz CT molecular complexity index is 570. The summed E-state index contributed by atoms with van der Waals surface area (Å²) >= 11 is 5.29. The van der Waals surface area contributed by atoms with Gasteiger partial charge in [-0.15, -0.1) is 0 Å². The van der Waals surface area contributed by atoms with Gasteiger partial charge in [0.25, 0.3) is 0 Å². The molecule has 1 nitrogen and oxygen atoms in total. The summed E-state index contributed by atoms with van der Waals surface area (Å²) in [6.07, 6.45) is 1.11. The lowest BCUT2D eigenvalue weighted by Gasteiger charge is -2.17. The fraction of sp³-hybridized carbons (Fsp3) is 0.250. The topological polar surface area (TPSA) is 9.23 Å². The van der Waals surface area contributed by atoms with Crippen molar-refractivity contribution in [2.75, 3.05) is 11.9 Å². The van der Waals surface area contributed by atoms with Gasteiger partial charge in [-0.1, -0.05) is 64.1 Å². The highest BCUT2D eigenvalue weighted by atomic mass is 79.9. The van der Waals surface area contributed by atoms with E-state index in [0.717, 1.165) is 18.4 Å². The maximum atomic E-state index is 6.04. The van der Waals surface area contributed by atoms with Gasteiger partial charge in [-0.2, -0.15) is 0 Å². The monoisotopic (exact) mass is 334 g/mol. The third kappa shape index (κ3) is 2.88. The van der Waals surface area contributed by atoms with Gasteiger partial charge in [0.05, 0.1) is 12.7 Å². The van der Waals surface area contributed by atoms with Crippen LogP contribution in [0.4, 0.5) is 0 Å². The minimum absolute atomic E-state index is 0.157. The SMILES string of the molecule is BrCCOC1Cc2ccccc2Sc2ccccc21. The minimum Gasteiger partial charge on any atom is -0.372 e. The van der Waals surface area contributed by atoms with Gasteiger partial charge in [-0.05, 0) is 23.3 Å². The third-order valence-corrected chi connectivity index (χ3v) is 4.79. The van der Waals surface area contributed by atoms with Crippen LogP contribution in [0.5, 0.6) is 0 Å². The van der Waals surface area contributed by atoms with Crippen LogP contribution in [0.15, 0.2) is 58.3 Å². The summed E-state index contributed by atoms with van der Waals surface area (Å²) in [4.78, 5) is 2.66. The van der Waals surface area contributed by atoms with Crippen LogP contribution in [0.3, 0.4) is 0 Å². The maximum Gasteiger partial charge on any atom is 0.0876 e. The van der Waals surface area contributed by atoms with Crippen molar-refractivity contribution in [1.29, 1.82) is 0 Å². The molecule has 1 aliphatic rings. The second-order valence-corrected chi connectivity index (χ2v) is 6.38. The summed E-state index contributed by atoms with van der Waals surface area (Å²) in [5.74, 6) is 0. The van der Waals surface area contributed by atoms with Gasteiger partial charge in [0, 0.05) is 21.5 Å². The molecule has 19 heavy (non-hydrogen) atoms. The lowest BCUT2D eigenvalue weighted by molar-refractivity contribution is 0.0634. The van der Waals surface area contributed by atoms with E-state index in [1.54, 1.807) is 0 Å². The number of hydrogen-bond acceptors (Lipinski definition) is 2. The first-order chi connectivity index (χ1) is 9.38. The molecule has 0 saturated carbocycles. The summed E-state index contributed by atoms with van der Waals surface area (Å²) in [5, 5.41) is 0.875. The van der Waals surface area contributed by atoms with E-state index in [1.165, 1.54) is 20.9 Å². The molecule has 98 valence electrons. The number of fused-ring (bicyclic) bond motifs is 2. The summed E-state index contributed by atoms with van der Waals surface area (Å²) in [6.45, 7) is 0.742. The Labute approximate surface area is 126 Å². The first kappa shape index (κ1) is 13.2. The van der Waals surface area contributed by atoms with Gasteiger partial charge < -0.3 is 4.74 Å². The number of halogens is 1. The standard InChI is InChI=1S/C16H15BrOS/c17-9-10-18-14-11-12-5-1-3-7-15(12)19-16-8-4-2-6-13(14)16/h1-8,14H,9-11H2. The van der Waals surface area contributed by atoms with Crippen LogP contribution < -0.4 is 0 Å². The molecule has 0 saturated heterocycles. The molecule has 0 fully saturated rings. The normalized spacial score (nSPS) is 17.4. The van der Waals surface area contributed by atoms with E-state index in [1.807, 2.05) is 11.8 Å². The van der Waals surface area contributed by atoms with Crippen LogP contribution in [-0.4, -0.2) is 11.9 Å². The zero-order valence-electron chi connectivity index (χ0n) is 10.5. The lowest BCUT2D eigenvalue weighted by atomic mass is 10.0. The highest BCUT2D eigenvalue weighted by Crippen LogP contribution is 2.41. The van der Waals surface area contributed by atoms with Crippen LogP contribution >= 0.6 is 27.7 Å². The van der Waals surface area contributed by atoms with E-state index in [2.05, 4.69) is 64.5 Å². The first-order valence-corrected chi connectivity index (χ1v) is 8.34. The third-order valence-electron chi connectivity index (χ3n) is 3.26. The second kappa shape index (κ2) is 6.12. The Kier molecular flexibility index (Phi) is 4.26. The molecule has 3 rings (SSSR count). The van der Waals surface area contributed by atoms with Crippen molar-refractivity contribution in [2.45, 2.75) is 22.3 Å². The molecule has 0 spiro atoms. The van der Waals surface area contributed by atoms with Crippen molar-refractivity contribution in [3.8, 4) is 0 Å².